The van der Waals surface area contributed by atoms with Crippen LogP contribution in [0.3, 0.4) is 0 Å². The van der Waals surface area contributed by atoms with Crippen LogP contribution < -0.4 is 16.2 Å². The van der Waals surface area contributed by atoms with Crippen molar-refractivity contribution in [2.24, 2.45) is 28.2 Å². The first-order valence-electron chi connectivity index (χ1n) is 15.6. The third-order valence-electron chi connectivity index (χ3n) is 10.4. The number of benzene rings is 2. The van der Waals surface area contributed by atoms with E-state index in [4.69, 9.17) is 4.99 Å². The van der Waals surface area contributed by atoms with Gasteiger partial charge in [0.2, 0.25) is 0 Å². The van der Waals surface area contributed by atoms with Gasteiger partial charge in [-0.05, 0) is 98.6 Å². The minimum Gasteiger partial charge on any atom is -0.340 e. The highest BCUT2D eigenvalue weighted by Gasteiger charge is 2.56. The number of aliphatic imine (C=N–C) groups is 1. The second-order valence-electron chi connectivity index (χ2n) is 13.8. The Morgan fingerprint density at radius 3 is 2.57 bits per heavy atom. The van der Waals surface area contributed by atoms with Gasteiger partial charge in [-0.1, -0.05) is 32.9 Å². The number of aromatic nitrogens is 2. The molecule has 2 bridgehead atoms. The maximum absolute atomic E-state index is 14.3. The van der Waals surface area contributed by atoms with Crippen molar-refractivity contribution in [1.82, 2.24) is 19.8 Å². The van der Waals surface area contributed by atoms with Crippen LogP contribution in [0.15, 0.2) is 52.5 Å². The number of hydrogen-bond acceptors (Lipinski definition) is 4. The first kappa shape index (κ1) is 28.8. The number of hydrogen-bond donors (Lipinski definition) is 2. The van der Waals surface area contributed by atoms with Crippen molar-refractivity contribution in [1.29, 1.82) is 0 Å². The van der Waals surface area contributed by atoms with Crippen molar-refractivity contribution in [3.8, 4) is 0 Å². The zero-order valence-electron chi connectivity index (χ0n) is 25.8. The van der Waals surface area contributed by atoms with Crippen molar-refractivity contribution < 1.29 is 4.39 Å². The van der Waals surface area contributed by atoms with Gasteiger partial charge in [0.1, 0.15) is 5.82 Å². The van der Waals surface area contributed by atoms with E-state index in [1.54, 1.807) is 17.0 Å². The highest BCUT2D eigenvalue weighted by atomic mass is 19.1. The predicted octanol–water partition coefficient (Wildman–Crippen LogP) is 5.61. The second kappa shape index (κ2) is 11.1. The third-order valence-corrected chi connectivity index (χ3v) is 10.4. The van der Waals surface area contributed by atoms with Crippen molar-refractivity contribution >= 4 is 22.5 Å². The number of piperazine rings is 1. The van der Waals surface area contributed by atoms with Crippen LogP contribution in [0.25, 0.3) is 10.9 Å². The first-order valence-corrected chi connectivity index (χ1v) is 15.6. The van der Waals surface area contributed by atoms with E-state index in [2.05, 4.69) is 55.1 Å². The lowest BCUT2D eigenvalue weighted by molar-refractivity contribution is -0.108. The van der Waals surface area contributed by atoms with Crippen LogP contribution in [0.5, 0.6) is 0 Å². The second-order valence-corrected chi connectivity index (χ2v) is 13.8. The molecule has 3 saturated carbocycles. The van der Waals surface area contributed by atoms with Gasteiger partial charge in [0.05, 0.1) is 23.3 Å². The van der Waals surface area contributed by atoms with E-state index < -0.39 is 0 Å². The molecule has 7 rings (SSSR count). The molecule has 42 heavy (non-hydrogen) atoms. The van der Waals surface area contributed by atoms with E-state index in [0.717, 1.165) is 48.6 Å². The van der Waals surface area contributed by atoms with Gasteiger partial charge in [0.15, 0.2) is 5.96 Å². The Hall–Kier alpha value is -3.26. The van der Waals surface area contributed by atoms with Crippen LogP contribution in [0.1, 0.15) is 58.6 Å². The summed E-state index contributed by atoms with van der Waals surface area (Å²) in [4.78, 5) is 25.7. The topological polar surface area (TPSA) is 74.6 Å². The summed E-state index contributed by atoms with van der Waals surface area (Å²) in [6.07, 6.45) is 4.47. The summed E-state index contributed by atoms with van der Waals surface area (Å²) in [5.74, 6) is 2.69. The van der Waals surface area contributed by atoms with Crippen molar-refractivity contribution in [3.63, 3.8) is 0 Å². The number of rotatable bonds is 5. The summed E-state index contributed by atoms with van der Waals surface area (Å²) in [7, 11) is 0. The number of nitrogens with zero attached hydrogens (tertiary/aromatic N) is 4. The number of nitrogens with one attached hydrogen (secondary N) is 2. The standard InChI is InChI=1S/C34H45FN6O/c1-20-7-8-24(29(35)13-20)11-12-40-19-36-31-16-26(9-10-27(31)32(40)42)38-33(41-17-21(2)37-22(3)18-41)39-30-15-25-14-28(23(30)4)34(25,5)6/h7-10,13,16,19,21-23,25,28,30,37H,11-12,14-15,17-18H2,1-6H3,(H,38,39)/t21-,22-,23-,25-,28+,30-/m0/s1. The van der Waals surface area contributed by atoms with Crippen LogP contribution in [-0.2, 0) is 13.0 Å². The molecule has 0 radical (unpaired) electrons. The Morgan fingerprint density at radius 1 is 1.12 bits per heavy atom. The summed E-state index contributed by atoms with van der Waals surface area (Å²) in [6.45, 7) is 15.7. The minimum absolute atomic E-state index is 0.115. The molecule has 0 spiro atoms. The highest BCUT2D eigenvalue weighted by molar-refractivity contribution is 5.96. The molecule has 0 amide bonds. The molecule has 7 nitrogen and oxygen atoms in total. The molecule has 224 valence electrons. The molecule has 2 aromatic carbocycles. The molecular formula is C34H45FN6O. The maximum atomic E-state index is 14.3. The number of anilines is 1. The lowest BCUT2D eigenvalue weighted by Crippen LogP contribution is -2.59. The number of fused-ring (bicyclic) bond motifs is 3. The molecule has 1 saturated heterocycles. The molecule has 3 aliphatic carbocycles. The smallest absolute Gasteiger partial charge is 0.261 e. The quantitative estimate of drug-likeness (QED) is 0.307. The normalized spacial score (nSPS) is 28.9. The lowest BCUT2D eigenvalue weighted by Gasteiger charge is -2.61. The zero-order valence-corrected chi connectivity index (χ0v) is 25.8. The van der Waals surface area contributed by atoms with E-state index in [-0.39, 0.29) is 11.4 Å². The zero-order chi connectivity index (χ0) is 29.8. The van der Waals surface area contributed by atoms with Gasteiger partial charge in [-0.3, -0.25) is 9.36 Å². The van der Waals surface area contributed by atoms with Gasteiger partial charge >= 0.3 is 0 Å². The van der Waals surface area contributed by atoms with Crippen LogP contribution in [0, 0.1) is 35.9 Å². The average molecular weight is 573 g/mol. The SMILES string of the molecule is Cc1ccc(CCn2cnc3cc(NC(=N[C@H]4C[C@@H]5C[C@H]([C@@H]4C)C5(C)C)N4C[C@H](C)N[C@@H](C)C4)ccc3c2=O)c(F)c1. The molecule has 6 atom stereocenters. The van der Waals surface area contributed by atoms with E-state index in [0.29, 0.717) is 58.9 Å². The van der Waals surface area contributed by atoms with Gasteiger partial charge in [-0.2, -0.15) is 0 Å². The lowest BCUT2D eigenvalue weighted by atomic mass is 9.45. The van der Waals surface area contributed by atoms with Crippen LogP contribution in [-0.4, -0.2) is 51.6 Å². The Labute approximate surface area is 248 Å². The Morgan fingerprint density at radius 2 is 1.88 bits per heavy atom. The fourth-order valence-electron chi connectivity index (χ4n) is 7.76. The number of aryl methyl sites for hydroxylation is 3. The molecule has 1 aliphatic heterocycles. The fourth-order valence-corrected chi connectivity index (χ4v) is 7.76. The molecule has 0 unspecified atom stereocenters. The van der Waals surface area contributed by atoms with E-state index in [1.807, 2.05) is 31.2 Å². The van der Waals surface area contributed by atoms with E-state index in [1.165, 1.54) is 12.5 Å². The van der Waals surface area contributed by atoms with E-state index in [9.17, 15) is 9.18 Å². The predicted molar refractivity (Wildman–Crippen MR) is 168 cm³/mol. The van der Waals surface area contributed by atoms with Crippen molar-refractivity contribution in [2.75, 3.05) is 18.4 Å². The van der Waals surface area contributed by atoms with Gasteiger partial charge in [-0.15, -0.1) is 0 Å². The summed E-state index contributed by atoms with van der Waals surface area (Å²) in [5.41, 5.74) is 3.30. The molecular weight excluding hydrogens is 527 g/mol. The van der Waals surface area contributed by atoms with Crippen LogP contribution >= 0.6 is 0 Å². The fraction of sp³-hybridized carbons (Fsp3) is 0.559. The van der Waals surface area contributed by atoms with Gasteiger partial charge in [0, 0.05) is 37.4 Å². The van der Waals surface area contributed by atoms with E-state index >= 15 is 0 Å². The molecule has 2 heterocycles. The molecule has 2 N–H and O–H groups in total. The average Bonchev–Trinajstić information content (AvgIpc) is 2.93. The van der Waals surface area contributed by atoms with Crippen LogP contribution in [0.4, 0.5) is 10.1 Å². The number of guanidine groups is 1. The molecule has 8 heteroatoms. The Balaban J connectivity index is 1.24. The van der Waals surface area contributed by atoms with Gasteiger partial charge in [0.25, 0.3) is 5.56 Å². The molecule has 4 aliphatic rings. The third kappa shape index (κ3) is 5.46. The first-order chi connectivity index (χ1) is 20.0. The van der Waals surface area contributed by atoms with Crippen molar-refractivity contribution in [2.45, 2.75) is 85.5 Å². The van der Waals surface area contributed by atoms with Gasteiger partial charge in [-0.25, -0.2) is 14.4 Å². The summed E-state index contributed by atoms with van der Waals surface area (Å²) >= 11 is 0. The summed E-state index contributed by atoms with van der Waals surface area (Å²) in [6, 6.07) is 12.0. The maximum Gasteiger partial charge on any atom is 0.261 e. The molecule has 4 fully saturated rings. The highest BCUT2D eigenvalue weighted by Crippen LogP contribution is 2.61. The summed E-state index contributed by atoms with van der Waals surface area (Å²) < 4.78 is 15.9. The number of halogens is 1. The molecule has 3 aromatic rings. The Kier molecular flexibility index (Phi) is 7.62. The minimum atomic E-state index is -0.235. The Bertz CT molecular complexity index is 1550. The summed E-state index contributed by atoms with van der Waals surface area (Å²) in [5, 5.41) is 7.84. The molecule has 1 aromatic heterocycles. The largest absolute Gasteiger partial charge is 0.340 e. The van der Waals surface area contributed by atoms with Gasteiger partial charge < -0.3 is 15.5 Å². The van der Waals surface area contributed by atoms with Crippen molar-refractivity contribution in [3.05, 3.63) is 70.0 Å². The monoisotopic (exact) mass is 572 g/mol. The van der Waals surface area contributed by atoms with Crippen LogP contribution in [0.2, 0.25) is 0 Å².